The molecule has 92 valence electrons. The zero-order chi connectivity index (χ0) is 12.8. The van der Waals surface area contributed by atoms with Crippen molar-refractivity contribution in [3.05, 3.63) is 29.6 Å². The Bertz CT molecular complexity index is 399. The van der Waals surface area contributed by atoms with E-state index in [0.717, 1.165) is 0 Å². The molecule has 0 unspecified atom stereocenters. The summed E-state index contributed by atoms with van der Waals surface area (Å²) >= 11 is 0. The molecular formula is C12H16N2O3. The SMILES string of the molecule is COC(=O)c1ccc(C(=O)NCC(C)C)nc1. The fourth-order valence-electron chi connectivity index (χ4n) is 1.15. The number of nitrogens with zero attached hydrogens (tertiary/aromatic N) is 1. The molecule has 0 aliphatic carbocycles. The van der Waals surface area contributed by atoms with E-state index in [1.165, 1.54) is 25.4 Å². The maximum Gasteiger partial charge on any atom is 0.339 e. The number of pyridine rings is 1. The van der Waals surface area contributed by atoms with Crippen LogP contribution in [-0.4, -0.2) is 30.5 Å². The number of nitrogens with one attached hydrogen (secondary N) is 1. The van der Waals surface area contributed by atoms with Crippen LogP contribution in [0.1, 0.15) is 34.7 Å². The molecule has 0 fully saturated rings. The molecule has 1 aromatic heterocycles. The smallest absolute Gasteiger partial charge is 0.339 e. The Hall–Kier alpha value is -1.91. The van der Waals surface area contributed by atoms with Crippen molar-refractivity contribution in [2.75, 3.05) is 13.7 Å². The number of amides is 1. The minimum absolute atomic E-state index is 0.241. The molecule has 0 spiro atoms. The summed E-state index contributed by atoms with van der Waals surface area (Å²) in [4.78, 5) is 26.7. The zero-order valence-electron chi connectivity index (χ0n) is 10.2. The normalized spacial score (nSPS) is 10.1. The molecule has 0 saturated heterocycles. The van der Waals surface area contributed by atoms with Gasteiger partial charge < -0.3 is 10.1 Å². The third kappa shape index (κ3) is 3.86. The van der Waals surface area contributed by atoms with E-state index < -0.39 is 5.97 Å². The molecule has 0 aromatic carbocycles. The lowest BCUT2D eigenvalue weighted by molar-refractivity contribution is 0.0599. The third-order valence-corrected chi connectivity index (χ3v) is 2.09. The molecule has 1 N–H and O–H groups in total. The summed E-state index contributed by atoms with van der Waals surface area (Å²) in [5.41, 5.74) is 0.617. The monoisotopic (exact) mass is 236 g/mol. The molecule has 1 aromatic rings. The van der Waals surface area contributed by atoms with E-state index in [2.05, 4.69) is 15.0 Å². The van der Waals surface area contributed by atoms with Gasteiger partial charge in [-0.3, -0.25) is 9.78 Å². The van der Waals surface area contributed by atoms with Crippen molar-refractivity contribution < 1.29 is 14.3 Å². The fourth-order valence-corrected chi connectivity index (χ4v) is 1.15. The minimum Gasteiger partial charge on any atom is -0.465 e. The first-order valence-corrected chi connectivity index (χ1v) is 5.37. The van der Waals surface area contributed by atoms with E-state index in [9.17, 15) is 9.59 Å². The topological polar surface area (TPSA) is 68.3 Å². The van der Waals surface area contributed by atoms with Crippen molar-refractivity contribution in [2.45, 2.75) is 13.8 Å². The largest absolute Gasteiger partial charge is 0.465 e. The number of hydrogen-bond donors (Lipinski definition) is 1. The number of esters is 1. The predicted octanol–water partition coefficient (Wildman–Crippen LogP) is 1.25. The quantitative estimate of drug-likeness (QED) is 0.799. The molecule has 1 amide bonds. The molecule has 0 aliphatic rings. The summed E-state index contributed by atoms with van der Waals surface area (Å²) in [5.74, 6) is -0.324. The number of hydrogen-bond acceptors (Lipinski definition) is 4. The molecule has 1 heterocycles. The molecule has 5 nitrogen and oxygen atoms in total. The molecule has 0 saturated carbocycles. The van der Waals surface area contributed by atoms with Gasteiger partial charge in [-0.05, 0) is 18.1 Å². The van der Waals surface area contributed by atoms with Gasteiger partial charge in [0, 0.05) is 12.7 Å². The van der Waals surface area contributed by atoms with Crippen LogP contribution in [0.3, 0.4) is 0 Å². The zero-order valence-corrected chi connectivity index (χ0v) is 10.2. The summed E-state index contributed by atoms with van der Waals surface area (Å²) in [6.07, 6.45) is 1.33. The number of methoxy groups -OCH3 is 1. The maximum absolute atomic E-state index is 11.6. The van der Waals surface area contributed by atoms with E-state index in [4.69, 9.17) is 0 Å². The molecular weight excluding hydrogens is 220 g/mol. The Morgan fingerprint density at radius 2 is 2.12 bits per heavy atom. The lowest BCUT2D eigenvalue weighted by atomic mass is 10.2. The second kappa shape index (κ2) is 5.98. The average Bonchev–Trinajstić information content (AvgIpc) is 2.35. The van der Waals surface area contributed by atoms with E-state index >= 15 is 0 Å². The van der Waals surface area contributed by atoms with E-state index in [-0.39, 0.29) is 5.91 Å². The molecule has 1 rings (SSSR count). The lowest BCUT2D eigenvalue weighted by Gasteiger charge is -2.07. The van der Waals surface area contributed by atoms with Crippen LogP contribution in [0.5, 0.6) is 0 Å². The van der Waals surface area contributed by atoms with Gasteiger partial charge >= 0.3 is 5.97 Å². The molecule has 17 heavy (non-hydrogen) atoms. The minimum atomic E-state index is -0.466. The Morgan fingerprint density at radius 3 is 2.59 bits per heavy atom. The number of carbonyl (C=O) groups excluding carboxylic acids is 2. The maximum atomic E-state index is 11.6. The Labute approximate surface area is 100 Å². The predicted molar refractivity (Wildman–Crippen MR) is 62.7 cm³/mol. The number of ether oxygens (including phenoxy) is 1. The van der Waals surface area contributed by atoms with Gasteiger partial charge in [0.1, 0.15) is 5.69 Å². The second-order valence-electron chi connectivity index (χ2n) is 4.03. The Morgan fingerprint density at radius 1 is 1.41 bits per heavy atom. The van der Waals surface area contributed by atoms with Crippen LogP contribution < -0.4 is 5.32 Å². The highest BCUT2D eigenvalue weighted by molar-refractivity contribution is 5.94. The number of aromatic nitrogens is 1. The van der Waals surface area contributed by atoms with E-state index in [1.54, 1.807) is 0 Å². The van der Waals surface area contributed by atoms with Crippen molar-refractivity contribution >= 4 is 11.9 Å². The van der Waals surface area contributed by atoms with Crippen molar-refractivity contribution in [3.63, 3.8) is 0 Å². The number of carbonyl (C=O) groups is 2. The van der Waals surface area contributed by atoms with E-state index in [0.29, 0.717) is 23.7 Å². The van der Waals surface area contributed by atoms with Crippen LogP contribution in [0, 0.1) is 5.92 Å². The molecule has 0 aliphatic heterocycles. The van der Waals surface area contributed by atoms with Gasteiger partial charge in [0.25, 0.3) is 5.91 Å². The third-order valence-electron chi connectivity index (χ3n) is 2.09. The summed E-state index contributed by atoms with van der Waals surface area (Å²) in [6, 6.07) is 3.02. The number of rotatable bonds is 4. The second-order valence-corrected chi connectivity index (χ2v) is 4.03. The summed E-state index contributed by atoms with van der Waals surface area (Å²) in [6.45, 7) is 4.61. The van der Waals surface area contributed by atoms with Crippen LogP contribution in [0.4, 0.5) is 0 Å². The first-order valence-electron chi connectivity index (χ1n) is 5.37. The molecule has 0 atom stereocenters. The van der Waals surface area contributed by atoms with Crippen molar-refractivity contribution in [1.82, 2.24) is 10.3 Å². The van der Waals surface area contributed by atoms with Crippen LogP contribution in [-0.2, 0) is 4.74 Å². The standard InChI is InChI=1S/C12H16N2O3/c1-8(2)6-14-11(15)10-5-4-9(7-13-10)12(16)17-3/h4-5,7-8H,6H2,1-3H3,(H,14,15). The Balaban J connectivity index is 2.67. The first kappa shape index (κ1) is 13.2. The van der Waals surface area contributed by atoms with Crippen molar-refractivity contribution in [3.8, 4) is 0 Å². The summed E-state index contributed by atoms with van der Waals surface area (Å²) < 4.78 is 4.54. The highest BCUT2D eigenvalue weighted by Crippen LogP contribution is 2.02. The lowest BCUT2D eigenvalue weighted by Crippen LogP contribution is -2.28. The van der Waals surface area contributed by atoms with Crippen LogP contribution in [0.15, 0.2) is 18.3 Å². The van der Waals surface area contributed by atoms with Gasteiger partial charge in [-0.1, -0.05) is 13.8 Å². The van der Waals surface area contributed by atoms with Gasteiger partial charge in [-0.15, -0.1) is 0 Å². The van der Waals surface area contributed by atoms with Crippen molar-refractivity contribution in [2.24, 2.45) is 5.92 Å². The van der Waals surface area contributed by atoms with E-state index in [1.807, 2.05) is 13.8 Å². The van der Waals surface area contributed by atoms with Gasteiger partial charge in [-0.25, -0.2) is 4.79 Å². The van der Waals surface area contributed by atoms with Crippen molar-refractivity contribution in [1.29, 1.82) is 0 Å². The molecule has 5 heteroatoms. The molecule has 0 bridgehead atoms. The fraction of sp³-hybridized carbons (Fsp3) is 0.417. The Kier molecular flexibility index (Phi) is 4.63. The van der Waals surface area contributed by atoms with Gasteiger partial charge in [0.15, 0.2) is 0 Å². The van der Waals surface area contributed by atoms with Crippen LogP contribution in [0.25, 0.3) is 0 Å². The van der Waals surface area contributed by atoms with Gasteiger partial charge in [-0.2, -0.15) is 0 Å². The average molecular weight is 236 g/mol. The highest BCUT2D eigenvalue weighted by atomic mass is 16.5. The van der Waals surface area contributed by atoms with Gasteiger partial charge in [0.05, 0.1) is 12.7 Å². The van der Waals surface area contributed by atoms with Crippen LogP contribution in [0.2, 0.25) is 0 Å². The summed E-state index contributed by atoms with van der Waals surface area (Å²) in [7, 11) is 1.30. The van der Waals surface area contributed by atoms with Gasteiger partial charge in [0.2, 0.25) is 0 Å². The first-order chi connectivity index (χ1) is 8.04. The highest BCUT2D eigenvalue weighted by Gasteiger charge is 2.10. The van der Waals surface area contributed by atoms with Crippen LogP contribution >= 0.6 is 0 Å². The summed E-state index contributed by atoms with van der Waals surface area (Å²) in [5, 5.41) is 2.74. The molecule has 0 radical (unpaired) electrons.